The first-order valence-corrected chi connectivity index (χ1v) is 14.6. The Morgan fingerprint density at radius 2 is 1.47 bits per heavy atom. The number of hydrogen-bond acceptors (Lipinski definition) is 4. The lowest BCUT2D eigenvalue weighted by Crippen LogP contribution is -2.51. The third kappa shape index (κ3) is 4.50. The topological polar surface area (TPSA) is 69.7 Å². The lowest BCUT2D eigenvalue weighted by Gasteiger charge is -2.40. The maximum Gasteiger partial charge on any atom is 0.253 e. The Bertz CT molecular complexity index is 1610. The molecule has 8 heteroatoms. The van der Waals surface area contributed by atoms with Crippen molar-refractivity contribution >= 4 is 38.3 Å². The monoisotopic (exact) mass is 545 g/mol. The normalized spacial score (nSPS) is 19.7. The summed E-state index contributed by atoms with van der Waals surface area (Å²) in [6, 6.07) is 25.5. The summed E-state index contributed by atoms with van der Waals surface area (Å²) in [4.78, 5) is 17.5. The second kappa shape index (κ2) is 9.82. The molecule has 0 unspecified atom stereocenters. The number of carbonyl (C=O) groups excluding carboxylic acids is 1. The summed E-state index contributed by atoms with van der Waals surface area (Å²) in [5, 5.41) is 2.67. The largest absolute Gasteiger partial charge is 0.336 e. The maximum absolute atomic E-state index is 13.5. The van der Waals surface area contributed by atoms with E-state index in [-0.39, 0.29) is 16.8 Å². The van der Waals surface area contributed by atoms with E-state index >= 15 is 0 Å². The van der Waals surface area contributed by atoms with E-state index in [9.17, 15) is 13.2 Å². The number of piperazine rings is 1. The number of nitrogens with zero attached hydrogens (tertiary/aromatic N) is 2. The predicted octanol–water partition coefficient (Wildman–Crippen LogP) is 5.33. The highest BCUT2D eigenvalue weighted by Crippen LogP contribution is 2.47. The molecule has 2 atom stereocenters. The fourth-order valence-electron chi connectivity index (χ4n) is 5.72. The number of nitrogens with one attached hydrogen (secondary N) is 1. The summed E-state index contributed by atoms with van der Waals surface area (Å²) >= 11 is 6.00. The van der Waals surface area contributed by atoms with E-state index in [0.29, 0.717) is 36.8 Å². The Labute approximate surface area is 227 Å². The van der Waals surface area contributed by atoms with Crippen LogP contribution in [0.2, 0.25) is 5.02 Å². The van der Waals surface area contributed by atoms with Crippen LogP contribution in [0.5, 0.6) is 0 Å². The molecule has 0 radical (unpaired) electrons. The van der Waals surface area contributed by atoms with Crippen molar-refractivity contribution in [2.45, 2.75) is 23.9 Å². The van der Waals surface area contributed by atoms with Gasteiger partial charge in [-0.1, -0.05) is 65.7 Å². The standard InChI is InChI=1S/C30H28ClN3O3S/c1-20-8-10-22(11-9-20)30(35)34-18-16-33(17-19-34)29-26-7-3-5-21-4-2-6-25(27(21)26)28(29)32-38(36,37)24-14-12-23(31)13-15-24/h2-15,28-29,32H,16-19H2,1H3/t28-,29-/m1/s1. The van der Waals surface area contributed by atoms with Gasteiger partial charge in [-0.2, -0.15) is 0 Å². The minimum absolute atomic E-state index is 0.0291. The summed E-state index contributed by atoms with van der Waals surface area (Å²) in [5.41, 5.74) is 3.89. The number of carbonyl (C=O) groups is 1. The molecule has 1 aliphatic carbocycles. The summed E-state index contributed by atoms with van der Waals surface area (Å²) in [7, 11) is -3.81. The van der Waals surface area contributed by atoms with Gasteiger partial charge in [0.25, 0.3) is 5.91 Å². The second-order valence-electron chi connectivity index (χ2n) is 9.98. The van der Waals surface area contributed by atoms with Crippen molar-refractivity contribution in [3.05, 3.63) is 112 Å². The van der Waals surface area contributed by atoms with Gasteiger partial charge in [-0.15, -0.1) is 0 Å². The summed E-state index contributed by atoms with van der Waals surface area (Å²) < 4.78 is 30.0. The number of rotatable bonds is 5. The van der Waals surface area contributed by atoms with Crippen molar-refractivity contribution in [2.24, 2.45) is 0 Å². The van der Waals surface area contributed by atoms with Crippen LogP contribution in [0.3, 0.4) is 0 Å². The summed E-state index contributed by atoms with van der Waals surface area (Å²) in [5.74, 6) is 0.0291. The van der Waals surface area contributed by atoms with Gasteiger partial charge in [-0.3, -0.25) is 9.69 Å². The molecule has 6 nitrogen and oxygen atoms in total. The zero-order chi connectivity index (χ0) is 26.4. The van der Waals surface area contributed by atoms with Crippen LogP contribution in [0.15, 0.2) is 89.8 Å². The lowest BCUT2D eigenvalue weighted by molar-refractivity contribution is 0.0539. The van der Waals surface area contributed by atoms with Gasteiger partial charge < -0.3 is 4.90 Å². The SMILES string of the molecule is Cc1ccc(C(=O)N2CCN([C@@H]3c4cccc5cccc(c45)[C@H]3NS(=O)(=O)c3ccc(Cl)cc3)CC2)cc1. The Hall–Kier alpha value is -3.23. The first-order valence-electron chi connectivity index (χ1n) is 12.7. The molecule has 0 spiro atoms. The van der Waals surface area contributed by atoms with Gasteiger partial charge in [0.15, 0.2) is 0 Å². The number of halogens is 1. The molecule has 4 aromatic rings. The molecule has 1 fully saturated rings. The van der Waals surface area contributed by atoms with E-state index in [2.05, 4.69) is 27.8 Å². The molecule has 4 aromatic carbocycles. The molecule has 194 valence electrons. The van der Waals surface area contributed by atoms with Gasteiger partial charge in [-0.25, -0.2) is 13.1 Å². The second-order valence-corrected chi connectivity index (χ2v) is 12.1. The highest BCUT2D eigenvalue weighted by molar-refractivity contribution is 7.89. The highest BCUT2D eigenvalue weighted by atomic mass is 35.5. The molecule has 0 bridgehead atoms. The van der Waals surface area contributed by atoms with Crippen LogP contribution in [0.25, 0.3) is 10.8 Å². The molecule has 2 aliphatic rings. The molecule has 38 heavy (non-hydrogen) atoms. The zero-order valence-corrected chi connectivity index (χ0v) is 22.5. The average molecular weight is 546 g/mol. The van der Waals surface area contributed by atoms with E-state index in [1.54, 1.807) is 12.1 Å². The molecule has 0 saturated carbocycles. The van der Waals surface area contributed by atoms with Crippen LogP contribution in [-0.4, -0.2) is 50.3 Å². The number of amides is 1. The lowest BCUT2D eigenvalue weighted by atomic mass is 10.0. The smallest absolute Gasteiger partial charge is 0.253 e. The van der Waals surface area contributed by atoms with Crippen molar-refractivity contribution in [3.63, 3.8) is 0 Å². The quantitative estimate of drug-likeness (QED) is 0.368. The van der Waals surface area contributed by atoms with E-state index < -0.39 is 16.1 Å². The molecule has 0 aromatic heterocycles. The molecule has 1 saturated heterocycles. The molecule has 1 heterocycles. The van der Waals surface area contributed by atoms with Gasteiger partial charge in [-0.05, 0) is 65.2 Å². The Kier molecular flexibility index (Phi) is 6.48. The molecular formula is C30H28ClN3O3S. The molecule has 1 aliphatic heterocycles. The number of hydrogen-bond donors (Lipinski definition) is 1. The minimum atomic E-state index is -3.81. The third-order valence-electron chi connectivity index (χ3n) is 7.64. The zero-order valence-electron chi connectivity index (χ0n) is 21.0. The maximum atomic E-state index is 13.5. The van der Waals surface area contributed by atoms with Crippen LogP contribution in [0, 0.1) is 6.92 Å². The first kappa shape index (κ1) is 25.1. The van der Waals surface area contributed by atoms with E-state index in [1.165, 1.54) is 12.1 Å². The van der Waals surface area contributed by atoms with Gasteiger partial charge in [0.1, 0.15) is 0 Å². The van der Waals surface area contributed by atoms with Gasteiger partial charge in [0.2, 0.25) is 10.0 Å². The van der Waals surface area contributed by atoms with Crippen molar-refractivity contribution in [1.82, 2.24) is 14.5 Å². The van der Waals surface area contributed by atoms with E-state index in [1.807, 2.05) is 54.3 Å². The summed E-state index contributed by atoms with van der Waals surface area (Å²) in [6.45, 7) is 4.45. The Morgan fingerprint density at radius 3 is 2.13 bits per heavy atom. The summed E-state index contributed by atoms with van der Waals surface area (Å²) in [6.07, 6.45) is 0. The number of sulfonamides is 1. The molecule has 1 N–H and O–H groups in total. The van der Waals surface area contributed by atoms with Crippen LogP contribution in [0.1, 0.15) is 39.1 Å². The Morgan fingerprint density at radius 1 is 0.842 bits per heavy atom. The fourth-order valence-corrected chi connectivity index (χ4v) is 7.07. The van der Waals surface area contributed by atoms with Crippen molar-refractivity contribution < 1.29 is 13.2 Å². The highest BCUT2D eigenvalue weighted by Gasteiger charge is 2.41. The van der Waals surface area contributed by atoms with E-state index in [4.69, 9.17) is 11.6 Å². The van der Waals surface area contributed by atoms with Crippen molar-refractivity contribution in [3.8, 4) is 0 Å². The van der Waals surface area contributed by atoms with Crippen LogP contribution < -0.4 is 4.72 Å². The van der Waals surface area contributed by atoms with E-state index in [0.717, 1.165) is 27.5 Å². The number of benzene rings is 4. The van der Waals surface area contributed by atoms with Crippen LogP contribution in [-0.2, 0) is 10.0 Å². The van der Waals surface area contributed by atoms with Crippen molar-refractivity contribution in [2.75, 3.05) is 26.2 Å². The number of aryl methyl sites for hydroxylation is 1. The predicted molar refractivity (Wildman–Crippen MR) is 150 cm³/mol. The average Bonchev–Trinajstić information content (AvgIpc) is 3.23. The Balaban J connectivity index is 1.30. The minimum Gasteiger partial charge on any atom is -0.336 e. The molecular weight excluding hydrogens is 518 g/mol. The van der Waals surface area contributed by atoms with Crippen LogP contribution in [0.4, 0.5) is 0 Å². The van der Waals surface area contributed by atoms with Crippen LogP contribution >= 0.6 is 11.6 Å². The van der Waals surface area contributed by atoms with Gasteiger partial charge in [0, 0.05) is 36.8 Å². The van der Waals surface area contributed by atoms with Gasteiger partial charge in [0.05, 0.1) is 17.0 Å². The van der Waals surface area contributed by atoms with Gasteiger partial charge >= 0.3 is 0 Å². The molecule has 6 rings (SSSR count). The third-order valence-corrected chi connectivity index (χ3v) is 9.35. The molecule has 1 amide bonds. The first-order chi connectivity index (χ1) is 18.3. The fraction of sp³-hybridized carbons (Fsp3) is 0.233. The van der Waals surface area contributed by atoms with Crippen molar-refractivity contribution in [1.29, 1.82) is 0 Å².